The maximum absolute atomic E-state index is 4.93. The minimum Gasteiger partial charge on any atom is -0.497 e. The molecule has 0 aromatic carbocycles. The lowest BCUT2D eigenvalue weighted by molar-refractivity contribution is 0.307. The third-order valence-electron chi connectivity index (χ3n) is 0.849. The second kappa shape index (κ2) is 5.16. The topological polar surface area (TPSA) is 9.23 Å². The van der Waals surface area contributed by atoms with Gasteiger partial charge in [0.05, 0.1) is 7.11 Å². The summed E-state index contributed by atoms with van der Waals surface area (Å²) in [6.07, 6.45) is 7.29. The van der Waals surface area contributed by atoms with Crippen molar-refractivity contribution in [3.8, 4) is 0 Å². The molecule has 0 fully saturated rings. The average molecular weight is 124 g/mol. The van der Waals surface area contributed by atoms with Gasteiger partial charge in [-0.2, -0.15) is 0 Å². The maximum atomic E-state index is 4.93. The Balaban J connectivity index is 3.96. The molecule has 0 unspecified atom stereocenters. The summed E-state index contributed by atoms with van der Waals surface area (Å²) in [5, 5.41) is 0. The lowest BCUT2D eigenvalue weighted by Gasteiger charge is -1.95. The van der Waals surface area contributed by atoms with E-state index in [0.717, 1.165) is 5.76 Å². The third-order valence-corrected chi connectivity index (χ3v) is 0.849. The van der Waals surface area contributed by atoms with E-state index in [2.05, 4.69) is 6.58 Å². The highest BCUT2D eigenvalue weighted by atomic mass is 16.5. The van der Waals surface area contributed by atoms with E-state index in [1.165, 1.54) is 0 Å². The summed E-state index contributed by atoms with van der Waals surface area (Å²) in [4.78, 5) is 0. The number of hydrogen-bond acceptors (Lipinski definition) is 1. The van der Waals surface area contributed by atoms with Crippen LogP contribution in [0.15, 0.2) is 36.6 Å². The van der Waals surface area contributed by atoms with Crippen molar-refractivity contribution in [3.05, 3.63) is 36.6 Å². The zero-order chi connectivity index (χ0) is 7.11. The number of methoxy groups -OCH3 is 1. The molecule has 1 nitrogen and oxygen atoms in total. The SMILES string of the molecule is C=C/C=C(\C=C\C)OC. The first-order chi connectivity index (χ1) is 4.35. The van der Waals surface area contributed by atoms with Gasteiger partial charge in [0, 0.05) is 0 Å². The van der Waals surface area contributed by atoms with Gasteiger partial charge >= 0.3 is 0 Å². The van der Waals surface area contributed by atoms with Gasteiger partial charge in [-0.3, -0.25) is 0 Å². The quantitative estimate of drug-likeness (QED) is 0.414. The summed E-state index contributed by atoms with van der Waals surface area (Å²) in [5.41, 5.74) is 0. The van der Waals surface area contributed by atoms with E-state index in [1.54, 1.807) is 19.3 Å². The highest BCUT2D eigenvalue weighted by Gasteiger charge is 1.81. The van der Waals surface area contributed by atoms with Gasteiger partial charge in [0.25, 0.3) is 0 Å². The molecular formula is C8H12O. The summed E-state index contributed by atoms with van der Waals surface area (Å²) in [5.74, 6) is 0.826. The second-order valence-electron chi connectivity index (χ2n) is 1.51. The Labute approximate surface area is 56.3 Å². The van der Waals surface area contributed by atoms with E-state index < -0.39 is 0 Å². The Morgan fingerprint density at radius 3 is 2.56 bits per heavy atom. The summed E-state index contributed by atoms with van der Waals surface area (Å²) >= 11 is 0. The molecule has 0 heterocycles. The molecule has 50 valence electrons. The number of ether oxygens (including phenoxy) is 1. The lowest BCUT2D eigenvalue weighted by Crippen LogP contribution is -1.78. The molecule has 0 aliphatic carbocycles. The van der Waals surface area contributed by atoms with Crippen LogP contribution in [0.1, 0.15) is 6.92 Å². The van der Waals surface area contributed by atoms with Crippen LogP contribution >= 0.6 is 0 Å². The molecule has 1 heteroatoms. The maximum Gasteiger partial charge on any atom is 0.118 e. The van der Waals surface area contributed by atoms with Gasteiger partial charge in [-0.15, -0.1) is 0 Å². The Kier molecular flexibility index (Phi) is 4.60. The molecule has 0 amide bonds. The predicted molar refractivity (Wildman–Crippen MR) is 40.1 cm³/mol. The molecule has 0 radical (unpaired) electrons. The van der Waals surface area contributed by atoms with Crippen molar-refractivity contribution >= 4 is 0 Å². The van der Waals surface area contributed by atoms with E-state index in [1.807, 2.05) is 19.1 Å². The van der Waals surface area contributed by atoms with E-state index in [-0.39, 0.29) is 0 Å². The molecule has 0 saturated heterocycles. The smallest absolute Gasteiger partial charge is 0.118 e. The largest absolute Gasteiger partial charge is 0.497 e. The molecule has 9 heavy (non-hydrogen) atoms. The summed E-state index contributed by atoms with van der Waals surface area (Å²) < 4.78 is 4.93. The first-order valence-corrected chi connectivity index (χ1v) is 2.84. The molecular weight excluding hydrogens is 112 g/mol. The van der Waals surface area contributed by atoms with E-state index >= 15 is 0 Å². The number of allylic oxidation sites excluding steroid dienone is 4. The second-order valence-corrected chi connectivity index (χ2v) is 1.51. The molecule has 0 aliphatic heterocycles. The summed E-state index contributed by atoms with van der Waals surface area (Å²) in [6, 6.07) is 0. The van der Waals surface area contributed by atoms with Crippen LogP contribution in [-0.2, 0) is 4.74 Å². The van der Waals surface area contributed by atoms with Crippen molar-refractivity contribution in [2.45, 2.75) is 6.92 Å². The van der Waals surface area contributed by atoms with Gasteiger partial charge < -0.3 is 4.74 Å². The van der Waals surface area contributed by atoms with Crippen molar-refractivity contribution in [1.82, 2.24) is 0 Å². The zero-order valence-electron chi connectivity index (χ0n) is 5.92. The third kappa shape index (κ3) is 3.59. The van der Waals surface area contributed by atoms with Gasteiger partial charge in [-0.1, -0.05) is 18.7 Å². The van der Waals surface area contributed by atoms with Crippen LogP contribution in [0.4, 0.5) is 0 Å². The molecule has 0 saturated carbocycles. The van der Waals surface area contributed by atoms with Gasteiger partial charge in [0.2, 0.25) is 0 Å². The van der Waals surface area contributed by atoms with Crippen LogP contribution in [0.5, 0.6) is 0 Å². The molecule has 0 rings (SSSR count). The van der Waals surface area contributed by atoms with Crippen LogP contribution in [0.3, 0.4) is 0 Å². The van der Waals surface area contributed by atoms with Gasteiger partial charge in [-0.25, -0.2) is 0 Å². The first-order valence-electron chi connectivity index (χ1n) is 2.84. The Morgan fingerprint density at radius 1 is 1.56 bits per heavy atom. The standard InChI is InChI=1S/C8H12O/c1-4-6-8(9-3)7-5-2/h4-7H,1H2,2-3H3/b7-5+,8-6+. The fourth-order valence-electron chi connectivity index (χ4n) is 0.472. The zero-order valence-corrected chi connectivity index (χ0v) is 5.92. The molecule has 0 aromatic rings. The molecule has 0 aliphatic rings. The average Bonchev–Trinajstić information content (AvgIpc) is 1.88. The summed E-state index contributed by atoms with van der Waals surface area (Å²) in [6.45, 7) is 5.48. The monoisotopic (exact) mass is 124 g/mol. The van der Waals surface area contributed by atoms with Crippen molar-refractivity contribution in [2.24, 2.45) is 0 Å². The van der Waals surface area contributed by atoms with Crippen LogP contribution in [0, 0.1) is 0 Å². The van der Waals surface area contributed by atoms with Gasteiger partial charge in [0.1, 0.15) is 5.76 Å². The normalized spacial score (nSPS) is 12.0. The predicted octanol–water partition coefficient (Wildman–Crippen LogP) is 2.28. The van der Waals surface area contributed by atoms with E-state index in [4.69, 9.17) is 4.74 Å². The Morgan fingerprint density at radius 2 is 2.22 bits per heavy atom. The van der Waals surface area contributed by atoms with Crippen LogP contribution in [-0.4, -0.2) is 7.11 Å². The van der Waals surface area contributed by atoms with Gasteiger partial charge in [0.15, 0.2) is 0 Å². The van der Waals surface area contributed by atoms with Crippen LogP contribution in [0.2, 0.25) is 0 Å². The van der Waals surface area contributed by atoms with E-state index in [0.29, 0.717) is 0 Å². The molecule has 0 spiro atoms. The van der Waals surface area contributed by atoms with Crippen molar-refractivity contribution in [2.75, 3.05) is 7.11 Å². The summed E-state index contributed by atoms with van der Waals surface area (Å²) in [7, 11) is 1.63. The molecule has 0 aromatic heterocycles. The lowest BCUT2D eigenvalue weighted by atomic mass is 10.4. The fourth-order valence-corrected chi connectivity index (χ4v) is 0.472. The van der Waals surface area contributed by atoms with Crippen LogP contribution in [0.25, 0.3) is 0 Å². The Hall–Kier alpha value is -0.980. The van der Waals surface area contributed by atoms with Gasteiger partial charge in [-0.05, 0) is 19.1 Å². The van der Waals surface area contributed by atoms with Crippen molar-refractivity contribution in [1.29, 1.82) is 0 Å². The molecule has 0 bridgehead atoms. The minimum absolute atomic E-state index is 0.826. The highest BCUT2D eigenvalue weighted by Crippen LogP contribution is 1.96. The van der Waals surface area contributed by atoms with E-state index in [9.17, 15) is 0 Å². The van der Waals surface area contributed by atoms with Crippen LogP contribution < -0.4 is 0 Å². The van der Waals surface area contributed by atoms with Crippen molar-refractivity contribution in [3.63, 3.8) is 0 Å². The number of rotatable bonds is 3. The Bertz CT molecular complexity index is 132. The highest BCUT2D eigenvalue weighted by molar-refractivity contribution is 5.16. The first kappa shape index (κ1) is 8.02. The molecule has 0 atom stereocenters. The number of hydrogen-bond donors (Lipinski definition) is 0. The fraction of sp³-hybridized carbons (Fsp3) is 0.250. The minimum atomic E-state index is 0.826. The van der Waals surface area contributed by atoms with Crippen molar-refractivity contribution < 1.29 is 4.74 Å². The molecule has 0 N–H and O–H groups in total.